The predicted molar refractivity (Wildman–Crippen MR) is 106 cm³/mol. The summed E-state index contributed by atoms with van der Waals surface area (Å²) < 4.78 is 2.87. The Morgan fingerprint density at radius 2 is 2.12 bits per heavy atom. The normalized spacial score (nSPS) is 20.0. The van der Waals surface area contributed by atoms with Crippen molar-refractivity contribution >= 4 is 34.2 Å². The lowest BCUT2D eigenvalue weighted by Gasteiger charge is -2.30. The maximum absolute atomic E-state index is 12.7. The van der Waals surface area contributed by atoms with Crippen LogP contribution >= 0.6 is 28.3 Å². The molecule has 1 saturated heterocycles. The zero-order valence-electron chi connectivity index (χ0n) is 14.5. The highest BCUT2D eigenvalue weighted by Gasteiger charge is 2.25. The number of hydrogen-bond donors (Lipinski definition) is 2. The Labute approximate surface area is 163 Å². The maximum Gasteiger partial charge on any atom is 0.255 e. The van der Waals surface area contributed by atoms with Crippen molar-refractivity contribution in [1.29, 1.82) is 0 Å². The Bertz CT molecular complexity index is 716. The molecular formula is C18H24BrClN4O. The van der Waals surface area contributed by atoms with Gasteiger partial charge in [-0.2, -0.15) is 5.10 Å². The number of aromatic nitrogens is 2. The molecule has 1 aromatic carbocycles. The van der Waals surface area contributed by atoms with E-state index in [9.17, 15) is 4.79 Å². The highest BCUT2D eigenvalue weighted by atomic mass is 79.9. The van der Waals surface area contributed by atoms with Gasteiger partial charge in [0.05, 0.1) is 23.1 Å². The Kier molecular flexibility index (Phi) is 7.04. The summed E-state index contributed by atoms with van der Waals surface area (Å²) in [5.74, 6) is 0.456. The second kappa shape index (κ2) is 8.83. The lowest BCUT2D eigenvalue weighted by Crippen LogP contribution is -2.50. The Morgan fingerprint density at radius 1 is 1.40 bits per heavy atom. The number of piperidine rings is 1. The molecule has 1 fully saturated rings. The second-order valence-electron chi connectivity index (χ2n) is 6.30. The summed E-state index contributed by atoms with van der Waals surface area (Å²) in [7, 11) is 0. The molecule has 1 aromatic heterocycles. The Hall–Kier alpha value is -1.37. The molecule has 2 aromatic rings. The van der Waals surface area contributed by atoms with Crippen molar-refractivity contribution < 1.29 is 4.79 Å². The number of nitrogens with zero attached hydrogens (tertiary/aromatic N) is 2. The summed E-state index contributed by atoms with van der Waals surface area (Å²) in [6.07, 6.45) is 3.51. The monoisotopic (exact) mass is 426 g/mol. The second-order valence-corrected chi connectivity index (χ2v) is 7.21. The van der Waals surface area contributed by atoms with Gasteiger partial charge in [-0.25, -0.2) is 4.68 Å². The van der Waals surface area contributed by atoms with Gasteiger partial charge in [-0.1, -0.05) is 29.8 Å². The van der Waals surface area contributed by atoms with Crippen LogP contribution in [-0.4, -0.2) is 34.8 Å². The average molecular weight is 428 g/mol. The first-order chi connectivity index (χ1) is 11.6. The van der Waals surface area contributed by atoms with Gasteiger partial charge in [0.1, 0.15) is 0 Å². The minimum atomic E-state index is -0.0317. The van der Waals surface area contributed by atoms with Crippen LogP contribution in [0.5, 0.6) is 0 Å². The van der Waals surface area contributed by atoms with E-state index >= 15 is 0 Å². The quantitative estimate of drug-likeness (QED) is 0.787. The van der Waals surface area contributed by atoms with Crippen LogP contribution in [0.2, 0.25) is 0 Å². The van der Waals surface area contributed by atoms with E-state index in [2.05, 4.69) is 38.6 Å². The largest absolute Gasteiger partial charge is 0.348 e. The number of carbonyl (C=O) groups is 1. The van der Waals surface area contributed by atoms with Crippen molar-refractivity contribution in [1.82, 2.24) is 20.4 Å². The SMILES string of the molecule is CCc1c(C(=O)NC2CNCCC2C)cnn1-c1ccc(Br)cc1.Cl. The molecule has 1 aliphatic heterocycles. The number of hydrogen-bond acceptors (Lipinski definition) is 3. The van der Waals surface area contributed by atoms with E-state index < -0.39 is 0 Å². The molecule has 2 atom stereocenters. The Balaban J connectivity index is 0.00000225. The van der Waals surface area contributed by atoms with Gasteiger partial charge < -0.3 is 10.6 Å². The molecule has 5 nitrogen and oxygen atoms in total. The number of rotatable bonds is 4. The van der Waals surface area contributed by atoms with Crippen molar-refractivity contribution in [3.8, 4) is 5.69 Å². The average Bonchev–Trinajstić information content (AvgIpc) is 3.01. The van der Waals surface area contributed by atoms with Gasteiger partial charge in [0.15, 0.2) is 0 Å². The van der Waals surface area contributed by atoms with E-state index in [0.717, 1.165) is 41.8 Å². The third-order valence-corrected chi connectivity index (χ3v) is 5.19. The molecule has 0 aliphatic carbocycles. The van der Waals surface area contributed by atoms with Crippen molar-refractivity contribution in [3.63, 3.8) is 0 Å². The van der Waals surface area contributed by atoms with Crippen LogP contribution in [0.15, 0.2) is 34.9 Å². The van der Waals surface area contributed by atoms with Gasteiger partial charge in [-0.3, -0.25) is 4.79 Å². The van der Waals surface area contributed by atoms with Crippen LogP contribution < -0.4 is 10.6 Å². The Morgan fingerprint density at radius 3 is 2.76 bits per heavy atom. The van der Waals surface area contributed by atoms with Crippen LogP contribution in [0.25, 0.3) is 5.69 Å². The number of benzene rings is 1. The molecular weight excluding hydrogens is 404 g/mol. The molecule has 2 unspecified atom stereocenters. The summed E-state index contributed by atoms with van der Waals surface area (Å²) in [5.41, 5.74) is 2.56. The fourth-order valence-electron chi connectivity index (χ4n) is 3.14. The molecule has 0 radical (unpaired) electrons. The first-order valence-electron chi connectivity index (χ1n) is 8.44. The van der Waals surface area contributed by atoms with Gasteiger partial charge in [0, 0.05) is 17.1 Å². The van der Waals surface area contributed by atoms with Crippen molar-refractivity contribution in [2.24, 2.45) is 5.92 Å². The smallest absolute Gasteiger partial charge is 0.255 e. The third kappa shape index (κ3) is 4.43. The van der Waals surface area contributed by atoms with Crippen LogP contribution in [-0.2, 0) is 6.42 Å². The molecule has 3 rings (SSSR count). The molecule has 0 bridgehead atoms. The van der Waals surface area contributed by atoms with E-state index in [1.54, 1.807) is 6.20 Å². The highest BCUT2D eigenvalue weighted by Crippen LogP contribution is 2.19. The van der Waals surface area contributed by atoms with E-state index in [4.69, 9.17) is 0 Å². The molecule has 0 spiro atoms. The highest BCUT2D eigenvalue weighted by molar-refractivity contribution is 9.10. The molecule has 1 aliphatic rings. The molecule has 2 N–H and O–H groups in total. The summed E-state index contributed by atoms with van der Waals surface area (Å²) in [6, 6.07) is 8.11. The summed E-state index contributed by atoms with van der Waals surface area (Å²) in [5, 5.41) is 11.0. The molecule has 7 heteroatoms. The molecule has 25 heavy (non-hydrogen) atoms. The summed E-state index contributed by atoms with van der Waals surface area (Å²) in [4.78, 5) is 12.7. The van der Waals surface area contributed by atoms with Gasteiger partial charge in [-0.15, -0.1) is 12.4 Å². The summed E-state index contributed by atoms with van der Waals surface area (Å²) >= 11 is 3.44. The number of nitrogens with one attached hydrogen (secondary N) is 2. The van der Waals surface area contributed by atoms with Crippen LogP contribution in [0, 0.1) is 5.92 Å². The standard InChI is InChI=1S/C18H23BrN4O.ClH/c1-3-17-15(18(24)22-16-11-20-9-8-12(16)2)10-21-23(17)14-6-4-13(19)5-7-14;/h4-7,10,12,16,20H,3,8-9,11H2,1-2H3,(H,22,24);1H. The summed E-state index contributed by atoms with van der Waals surface area (Å²) in [6.45, 7) is 6.09. The zero-order chi connectivity index (χ0) is 17.1. The van der Waals surface area contributed by atoms with Gasteiger partial charge in [0.25, 0.3) is 5.91 Å². The first-order valence-corrected chi connectivity index (χ1v) is 9.24. The van der Waals surface area contributed by atoms with E-state index in [-0.39, 0.29) is 24.4 Å². The van der Waals surface area contributed by atoms with Gasteiger partial charge in [0.2, 0.25) is 0 Å². The lowest BCUT2D eigenvalue weighted by atomic mass is 9.94. The minimum absolute atomic E-state index is 0. The van der Waals surface area contributed by atoms with E-state index in [0.29, 0.717) is 11.5 Å². The first kappa shape index (κ1) is 19.9. The van der Waals surface area contributed by atoms with E-state index in [1.807, 2.05) is 35.9 Å². The zero-order valence-corrected chi connectivity index (χ0v) is 16.9. The fourth-order valence-corrected chi connectivity index (χ4v) is 3.40. The van der Waals surface area contributed by atoms with E-state index in [1.165, 1.54) is 0 Å². The predicted octanol–water partition coefficient (Wildman–Crippen LogP) is 3.35. The molecule has 1 amide bonds. The van der Waals surface area contributed by atoms with Crippen LogP contribution in [0.3, 0.4) is 0 Å². The van der Waals surface area contributed by atoms with Crippen molar-refractivity contribution in [2.75, 3.05) is 13.1 Å². The number of amides is 1. The van der Waals surface area contributed by atoms with Gasteiger partial charge in [-0.05, 0) is 49.6 Å². The molecule has 2 heterocycles. The number of halogens is 2. The van der Waals surface area contributed by atoms with Gasteiger partial charge >= 0.3 is 0 Å². The minimum Gasteiger partial charge on any atom is -0.348 e. The third-order valence-electron chi connectivity index (χ3n) is 4.66. The molecule has 136 valence electrons. The van der Waals surface area contributed by atoms with Crippen LogP contribution in [0.4, 0.5) is 0 Å². The number of carbonyl (C=O) groups excluding carboxylic acids is 1. The fraction of sp³-hybridized carbons (Fsp3) is 0.444. The van der Waals surface area contributed by atoms with Crippen molar-refractivity contribution in [3.05, 3.63) is 46.2 Å². The van der Waals surface area contributed by atoms with Crippen molar-refractivity contribution in [2.45, 2.75) is 32.7 Å². The topological polar surface area (TPSA) is 59.0 Å². The molecule has 0 saturated carbocycles. The maximum atomic E-state index is 12.7. The van der Waals surface area contributed by atoms with Crippen LogP contribution in [0.1, 0.15) is 36.3 Å². The lowest BCUT2D eigenvalue weighted by molar-refractivity contribution is 0.0914.